The van der Waals surface area contributed by atoms with Crippen molar-refractivity contribution in [3.8, 4) is 6.07 Å². The van der Waals surface area contributed by atoms with Gasteiger partial charge < -0.3 is 10.4 Å². The molecular weight excluding hydrogens is 231 g/mol. The molecule has 0 spiro atoms. The predicted molar refractivity (Wildman–Crippen MR) is 69.7 cm³/mol. The monoisotopic (exact) mass is 250 g/mol. The van der Waals surface area contributed by atoms with E-state index in [2.05, 4.69) is 5.32 Å². The number of benzene rings is 1. The summed E-state index contributed by atoms with van der Waals surface area (Å²) in [6.45, 7) is 4.11. The van der Waals surface area contributed by atoms with Gasteiger partial charge in [-0.05, 0) is 30.9 Å². The Kier molecular flexibility index (Phi) is 5.60. The van der Waals surface area contributed by atoms with Gasteiger partial charge in [-0.3, -0.25) is 0 Å². The van der Waals surface area contributed by atoms with Crippen molar-refractivity contribution in [3.63, 3.8) is 0 Å². The zero-order valence-corrected chi connectivity index (χ0v) is 10.8. The summed E-state index contributed by atoms with van der Waals surface area (Å²) < 4.78 is 13.4. The van der Waals surface area contributed by atoms with Crippen LogP contribution in [0.3, 0.4) is 0 Å². The lowest BCUT2D eigenvalue weighted by Gasteiger charge is -2.21. The lowest BCUT2D eigenvalue weighted by molar-refractivity contribution is 0.224. The highest BCUT2D eigenvalue weighted by Gasteiger charge is 2.14. The van der Waals surface area contributed by atoms with Crippen molar-refractivity contribution in [1.29, 1.82) is 5.26 Å². The third-order valence-corrected chi connectivity index (χ3v) is 2.98. The fourth-order valence-electron chi connectivity index (χ4n) is 1.87. The number of hydrogen-bond donors (Lipinski definition) is 2. The first kappa shape index (κ1) is 14.5. The van der Waals surface area contributed by atoms with Crippen LogP contribution in [0.4, 0.5) is 10.1 Å². The molecule has 0 heterocycles. The van der Waals surface area contributed by atoms with Crippen LogP contribution in [0.5, 0.6) is 0 Å². The molecule has 0 aliphatic rings. The minimum Gasteiger partial charge on any atom is -0.396 e. The summed E-state index contributed by atoms with van der Waals surface area (Å²) in [5.41, 5.74) is 0.571. The molecule has 3 nitrogen and oxygen atoms in total. The van der Waals surface area contributed by atoms with E-state index < -0.39 is 5.82 Å². The summed E-state index contributed by atoms with van der Waals surface area (Å²) in [6, 6.07) is 6.56. The minimum absolute atomic E-state index is 0.0487. The van der Waals surface area contributed by atoms with Crippen molar-refractivity contribution >= 4 is 5.69 Å². The molecule has 0 aliphatic carbocycles. The molecule has 0 aromatic heterocycles. The van der Waals surface area contributed by atoms with Gasteiger partial charge in [0.05, 0.1) is 5.69 Å². The molecule has 18 heavy (non-hydrogen) atoms. The zero-order chi connectivity index (χ0) is 13.5. The quantitative estimate of drug-likeness (QED) is 0.816. The molecule has 98 valence electrons. The molecule has 4 heteroatoms. The topological polar surface area (TPSA) is 56.0 Å². The van der Waals surface area contributed by atoms with E-state index in [1.807, 2.05) is 19.9 Å². The van der Waals surface area contributed by atoms with Crippen LogP contribution in [0.1, 0.15) is 32.3 Å². The van der Waals surface area contributed by atoms with Crippen molar-refractivity contribution < 1.29 is 9.50 Å². The molecule has 0 bridgehead atoms. The minimum atomic E-state index is -0.507. The number of nitrogens with zero attached hydrogens (tertiary/aromatic N) is 1. The van der Waals surface area contributed by atoms with Crippen molar-refractivity contribution in [2.24, 2.45) is 5.92 Å². The van der Waals surface area contributed by atoms with Gasteiger partial charge in [0.2, 0.25) is 0 Å². The van der Waals surface area contributed by atoms with Gasteiger partial charge >= 0.3 is 0 Å². The number of rotatable bonds is 6. The molecule has 2 N–H and O–H groups in total. The maximum absolute atomic E-state index is 13.4. The molecule has 0 unspecified atom stereocenters. The fraction of sp³-hybridized carbons (Fsp3) is 0.500. The second-order valence-corrected chi connectivity index (χ2v) is 4.55. The number of nitriles is 1. The van der Waals surface area contributed by atoms with Crippen LogP contribution in [0.2, 0.25) is 0 Å². The number of halogens is 1. The van der Waals surface area contributed by atoms with E-state index in [1.165, 1.54) is 6.07 Å². The van der Waals surface area contributed by atoms with Crippen LogP contribution in [-0.2, 0) is 0 Å². The maximum atomic E-state index is 13.4. The Bertz CT molecular complexity index is 428. The molecule has 0 fully saturated rings. The van der Waals surface area contributed by atoms with Gasteiger partial charge in [-0.1, -0.05) is 19.9 Å². The lowest BCUT2D eigenvalue weighted by Crippen LogP contribution is -2.23. The van der Waals surface area contributed by atoms with E-state index in [-0.39, 0.29) is 24.1 Å². The Morgan fingerprint density at radius 1 is 1.50 bits per heavy atom. The highest BCUT2D eigenvalue weighted by atomic mass is 19.1. The molecule has 0 radical (unpaired) electrons. The summed E-state index contributed by atoms with van der Waals surface area (Å²) in [4.78, 5) is 0. The van der Waals surface area contributed by atoms with E-state index in [4.69, 9.17) is 10.4 Å². The van der Waals surface area contributed by atoms with Crippen molar-refractivity contribution in [3.05, 3.63) is 29.6 Å². The molecule has 1 aromatic rings. The summed E-state index contributed by atoms with van der Waals surface area (Å²) in [5.74, 6) is -0.325. The lowest BCUT2D eigenvalue weighted by atomic mass is 10.00. The normalized spacial score (nSPS) is 13.7. The van der Waals surface area contributed by atoms with Crippen molar-refractivity contribution in [2.45, 2.75) is 32.7 Å². The standard InChI is InChI=1S/C14H19FN2O/c1-3-11(7-10(2)9-18)17-14-6-4-5-13(15)12(14)8-16/h4-6,10-11,17-18H,3,7,9H2,1-2H3/t10-,11+/m0/s1. The Morgan fingerprint density at radius 2 is 2.22 bits per heavy atom. The molecule has 0 amide bonds. The van der Waals surface area contributed by atoms with E-state index in [0.29, 0.717) is 5.69 Å². The Balaban J connectivity index is 2.82. The molecule has 0 aliphatic heterocycles. The summed E-state index contributed by atoms with van der Waals surface area (Å²) in [6.07, 6.45) is 1.64. The number of nitrogens with one attached hydrogen (secondary N) is 1. The first-order valence-corrected chi connectivity index (χ1v) is 6.18. The molecule has 1 aromatic carbocycles. The predicted octanol–water partition coefficient (Wildman–Crippen LogP) is 2.91. The van der Waals surface area contributed by atoms with Crippen LogP contribution >= 0.6 is 0 Å². The Morgan fingerprint density at radius 3 is 2.78 bits per heavy atom. The number of anilines is 1. The summed E-state index contributed by atoms with van der Waals surface area (Å²) in [7, 11) is 0. The van der Waals surface area contributed by atoms with Crippen molar-refractivity contribution in [2.75, 3.05) is 11.9 Å². The second-order valence-electron chi connectivity index (χ2n) is 4.55. The average Bonchev–Trinajstić information content (AvgIpc) is 2.38. The van der Waals surface area contributed by atoms with Crippen LogP contribution in [0.25, 0.3) is 0 Å². The smallest absolute Gasteiger partial charge is 0.143 e. The van der Waals surface area contributed by atoms with Gasteiger partial charge in [-0.25, -0.2) is 4.39 Å². The Hall–Kier alpha value is -1.60. The van der Waals surface area contributed by atoms with E-state index >= 15 is 0 Å². The first-order valence-electron chi connectivity index (χ1n) is 6.18. The van der Waals surface area contributed by atoms with E-state index in [0.717, 1.165) is 12.8 Å². The van der Waals surface area contributed by atoms with Crippen LogP contribution in [0.15, 0.2) is 18.2 Å². The van der Waals surface area contributed by atoms with E-state index in [1.54, 1.807) is 12.1 Å². The van der Waals surface area contributed by atoms with Crippen LogP contribution in [-0.4, -0.2) is 17.8 Å². The molecular formula is C14H19FN2O. The van der Waals surface area contributed by atoms with Gasteiger partial charge in [-0.2, -0.15) is 5.26 Å². The number of aliphatic hydroxyl groups is 1. The summed E-state index contributed by atoms with van der Waals surface area (Å²) in [5, 5.41) is 21.2. The highest BCUT2D eigenvalue weighted by Crippen LogP contribution is 2.21. The van der Waals surface area contributed by atoms with Crippen LogP contribution in [0, 0.1) is 23.1 Å². The average molecular weight is 250 g/mol. The van der Waals surface area contributed by atoms with Gasteiger partial charge in [-0.15, -0.1) is 0 Å². The molecule has 0 saturated carbocycles. The maximum Gasteiger partial charge on any atom is 0.143 e. The molecule has 1 rings (SSSR count). The summed E-state index contributed by atoms with van der Waals surface area (Å²) >= 11 is 0. The van der Waals surface area contributed by atoms with Gasteiger partial charge in [0, 0.05) is 12.6 Å². The zero-order valence-electron chi connectivity index (χ0n) is 10.8. The Labute approximate surface area is 107 Å². The number of aliphatic hydroxyl groups excluding tert-OH is 1. The molecule has 0 saturated heterocycles. The second kappa shape index (κ2) is 6.97. The first-order chi connectivity index (χ1) is 8.62. The van der Waals surface area contributed by atoms with Crippen molar-refractivity contribution in [1.82, 2.24) is 0 Å². The third-order valence-electron chi connectivity index (χ3n) is 2.98. The van der Waals surface area contributed by atoms with Gasteiger partial charge in [0.25, 0.3) is 0 Å². The molecule has 2 atom stereocenters. The largest absolute Gasteiger partial charge is 0.396 e. The SMILES string of the molecule is CC[C@H](C[C@H](C)CO)Nc1cccc(F)c1C#N. The van der Waals surface area contributed by atoms with Gasteiger partial charge in [0.15, 0.2) is 0 Å². The van der Waals surface area contributed by atoms with Gasteiger partial charge in [0.1, 0.15) is 17.4 Å². The third kappa shape index (κ3) is 3.71. The highest BCUT2D eigenvalue weighted by molar-refractivity contribution is 5.58. The number of hydrogen-bond acceptors (Lipinski definition) is 3. The van der Waals surface area contributed by atoms with Crippen LogP contribution < -0.4 is 5.32 Å². The fourth-order valence-corrected chi connectivity index (χ4v) is 1.87. The van der Waals surface area contributed by atoms with E-state index in [9.17, 15) is 4.39 Å².